The van der Waals surface area contributed by atoms with Crippen LogP contribution < -0.4 is 21.7 Å². The maximum atomic E-state index is 13.4. The summed E-state index contributed by atoms with van der Waals surface area (Å²) in [6.07, 6.45) is -4.39. The van der Waals surface area contributed by atoms with Gasteiger partial charge in [-0.05, 0) is 30.3 Å². The van der Waals surface area contributed by atoms with E-state index in [1.54, 1.807) is 0 Å². The van der Waals surface area contributed by atoms with Gasteiger partial charge in [0.2, 0.25) is 5.91 Å². The zero-order chi connectivity index (χ0) is 20.3. The first kappa shape index (κ1) is 21.0. The Labute approximate surface area is 172 Å². The molecule has 0 fully saturated rings. The average molecular weight is 475 g/mol. The minimum absolute atomic E-state index is 0.106. The number of nitrogens with one attached hydrogen (secondary N) is 3. The van der Waals surface area contributed by atoms with E-state index in [-0.39, 0.29) is 18.0 Å². The van der Waals surface area contributed by atoms with Crippen LogP contribution >= 0.6 is 27.7 Å². The molecule has 0 atom stereocenters. The summed E-state index contributed by atoms with van der Waals surface area (Å²) in [5.41, 5.74) is 5.88. The van der Waals surface area contributed by atoms with Crippen molar-refractivity contribution in [3.63, 3.8) is 0 Å². The first-order valence-electron chi connectivity index (χ1n) is 8.48. The van der Waals surface area contributed by atoms with Crippen molar-refractivity contribution in [2.45, 2.75) is 22.4 Å². The van der Waals surface area contributed by atoms with Crippen LogP contribution in [0, 0.1) is 0 Å². The Kier molecular flexibility index (Phi) is 6.54. The molecular weight excluding hydrogens is 457 g/mol. The van der Waals surface area contributed by atoms with Gasteiger partial charge in [0.15, 0.2) is 0 Å². The first-order chi connectivity index (χ1) is 13.3. The number of halogens is 4. The molecule has 1 heterocycles. The van der Waals surface area contributed by atoms with Crippen molar-refractivity contribution < 1.29 is 18.0 Å². The standard InChI is InChI=1S/C18H18BrF3N4OS/c19-11-1-2-12-14(9-11)28-15-8-10(18(20,21)22)7-13(17(15)26-12)25-16(27)3-5-24-6-4-23/h1-2,7-9,24,26H,3-6,23H2,(H,25,27). The molecule has 1 aliphatic heterocycles. The molecule has 150 valence electrons. The maximum Gasteiger partial charge on any atom is 0.416 e. The van der Waals surface area contributed by atoms with Crippen molar-refractivity contribution in [2.24, 2.45) is 5.73 Å². The third-order valence-corrected chi connectivity index (χ3v) is 5.57. The van der Waals surface area contributed by atoms with E-state index in [1.807, 2.05) is 18.2 Å². The van der Waals surface area contributed by atoms with Crippen LogP contribution in [0.1, 0.15) is 12.0 Å². The summed E-state index contributed by atoms with van der Waals surface area (Å²) >= 11 is 4.59. The predicted molar refractivity (Wildman–Crippen MR) is 108 cm³/mol. The molecule has 0 spiro atoms. The van der Waals surface area contributed by atoms with Crippen molar-refractivity contribution in [3.05, 3.63) is 40.4 Å². The van der Waals surface area contributed by atoms with Gasteiger partial charge >= 0.3 is 6.18 Å². The highest BCUT2D eigenvalue weighted by atomic mass is 79.9. The lowest BCUT2D eigenvalue weighted by Gasteiger charge is -2.25. The second-order valence-corrected chi connectivity index (χ2v) is 8.10. The largest absolute Gasteiger partial charge is 0.416 e. The van der Waals surface area contributed by atoms with Gasteiger partial charge in [-0.3, -0.25) is 4.79 Å². The van der Waals surface area contributed by atoms with Crippen LogP contribution in [0.2, 0.25) is 0 Å². The Hall–Kier alpha value is -1.75. The predicted octanol–water partition coefficient (Wildman–Crippen LogP) is 4.55. The highest BCUT2D eigenvalue weighted by Crippen LogP contribution is 2.50. The zero-order valence-corrected chi connectivity index (χ0v) is 17.0. The number of carbonyl (C=O) groups is 1. The number of anilines is 3. The average Bonchev–Trinajstić information content (AvgIpc) is 2.63. The van der Waals surface area contributed by atoms with Gasteiger partial charge in [-0.2, -0.15) is 13.2 Å². The van der Waals surface area contributed by atoms with Crippen molar-refractivity contribution in [1.29, 1.82) is 0 Å². The smallest absolute Gasteiger partial charge is 0.352 e. The van der Waals surface area contributed by atoms with Crippen LogP contribution in [0.5, 0.6) is 0 Å². The Morgan fingerprint density at radius 2 is 1.96 bits per heavy atom. The molecule has 0 saturated heterocycles. The Balaban J connectivity index is 1.89. The number of hydrogen-bond donors (Lipinski definition) is 4. The number of benzene rings is 2. The molecule has 2 aromatic rings. The van der Waals surface area contributed by atoms with Crippen LogP contribution in [0.25, 0.3) is 0 Å². The van der Waals surface area contributed by atoms with E-state index in [0.717, 1.165) is 27.2 Å². The van der Waals surface area contributed by atoms with E-state index in [0.29, 0.717) is 30.2 Å². The Bertz CT molecular complexity index is 892. The molecular formula is C18H18BrF3N4OS. The minimum atomic E-state index is -4.52. The molecule has 0 aliphatic carbocycles. The fourth-order valence-electron chi connectivity index (χ4n) is 2.67. The van der Waals surface area contributed by atoms with Gasteiger partial charge in [-0.1, -0.05) is 27.7 Å². The number of fused-ring (bicyclic) bond motifs is 2. The highest BCUT2D eigenvalue weighted by Gasteiger charge is 2.33. The van der Waals surface area contributed by atoms with Gasteiger partial charge < -0.3 is 21.7 Å². The van der Waals surface area contributed by atoms with Gasteiger partial charge in [0.25, 0.3) is 0 Å². The zero-order valence-electron chi connectivity index (χ0n) is 14.6. The lowest BCUT2D eigenvalue weighted by Crippen LogP contribution is -2.26. The van der Waals surface area contributed by atoms with Gasteiger partial charge in [0.1, 0.15) is 0 Å². The fraction of sp³-hybridized carbons (Fsp3) is 0.278. The molecule has 5 N–H and O–H groups in total. The monoisotopic (exact) mass is 474 g/mol. The molecule has 0 unspecified atom stereocenters. The van der Waals surface area contributed by atoms with Crippen molar-refractivity contribution in [3.8, 4) is 0 Å². The summed E-state index contributed by atoms with van der Waals surface area (Å²) in [4.78, 5) is 13.4. The topological polar surface area (TPSA) is 79.2 Å². The number of nitrogens with two attached hydrogens (primary N) is 1. The summed E-state index contributed by atoms with van der Waals surface area (Å²) in [5, 5.41) is 8.73. The molecule has 5 nitrogen and oxygen atoms in total. The summed E-state index contributed by atoms with van der Waals surface area (Å²) < 4.78 is 40.9. The number of rotatable bonds is 6. The Morgan fingerprint density at radius 1 is 1.18 bits per heavy atom. The normalized spacial score (nSPS) is 12.8. The first-order valence-corrected chi connectivity index (χ1v) is 10.1. The molecule has 0 saturated carbocycles. The van der Waals surface area contributed by atoms with E-state index in [2.05, 4.69) is 31.9 Å². The van der Waals surface area contributed by atoms with E-state index < -0.39 is 11.7 Å². The van der Waals surface area contributed by atoms with E-state index >= 15 is 0 Å². The van der Waals surface area contributed by atoms with Crippen LogP contribution in [0.4, 0.5) is 30.2 Å². The highest BCUT2D eigenvalue weighted by molar-refractivity contribution is 9.10. The second kappa shape index (κ2) is 8.73. The SMILES string of the molecule is NCCNCCC(=O)Nc1cc(C(F)(F)F)cc2c1Nc1ccc(Br)cc1S2. The molecule has 0 radical (unpaired) electrons. The van der Waals surface area contributed by atoms with E-state index in [9.17, 15) is 18.0 Å². The second-order valence-electron chi connectivity index (χ2n) is 6.10. The lowest BCUT2D eigenvalue weighted by atomic mass is 10.1. The van der Waals surface area contributed by atoms with Crippen molar-refractivity contribution in [1.82, 2.24) is 5.32 Å². The van der Waals surface area contributed by atoms with Crippen molar-refractivity contribution in [2.75, 3.05) is 30.3 Å². The van der Waals surface area contributed by atoms with Gasteiger partial charge in [0, 0.05) is 40.3 Å². The molecule has 1 amide bonds. The third-order valence-electron chi connectivity index (χ3n) is 3.98. The molecule has 2 aromatic carbocycles. The number of hydrogen-bond acceptors (Lipinski definition) is 5. The fourth-order valence-corrected chi connectivity index (χ4v) is 4.28. The molecule has 1 aliphatic rings. The maximum absolute atomic E-state index is 13.4. The van der Waals surface area contributed by atoms with Crippen LogP contribution in [0.15, 0.2) is 44.6 Å². The molecule has 0 bridgehead atoms. The van der Waals surface area contributed by atoms with Gasteiger partial charge in [-0.15, -0.1) is 0 Å². The van der Waals surface area contributed by atoms with E-state index in [1.165, 1.54) is 11.8 Å². The molecule has 10 heteroatoms. The summed E-state index contributed by atoms with van der Waals surface area (Å²) in [6, 6.07) is 7.55. The van der Waals surface area contributed by atoms with Crippen LogP contribution in [0.3, 0.4) is 0 Å². The van der Waals surface area contributed by atoms with Gasteiger partial charge in [-0.25, -0.2) is 0 Å². The molecule has 28 heavy (non-hydrogen) atoms. The van der Waals surface area contributed by atoms with Crippen LogP contribution in [-0.2, 0) is 11.0 Å². The Morgan fingerprint density at radius 3 is 2.68 bits per heavy atom. The number of amides is 1. The summed E-state index contributed by atoms with van der Waals surface area (Å²) in [5.74, 6) is -0.376. The molecule has 3 rings (SSSR count). The summed E-state index contributed by atoms with van der Waals surface area (Å²) in [7, 11) is 0. The number of carbonyl (C=O) groups excluding carboxylic acids is 1. The van der Waals surface area contributed by atoms with Crippen molar-refractivity contribution >= 4 is 50.7 Å². The minimum Gasteiger partial charge on any atom is -0.352 e. The lowest BCUT2D eigenvalue weighted by molar-refractivity contribution is -0.137. The molecule has 0 aromatic heterocycles. The third kappa shape index (κ3) is 4.99. The van der Waals surface area contributed by atoms with Gasteiger partial charge in [0.05, 0.1) is 22.6 Å². The summed E-state index contributed by atoms with van der Waals surface area (Å²) in [6.45, 7) is 1.40. The van der Waals surface area contributed by atoms with E-state index in [4.69, 9.17) is 5.73 Å². The number of alkyl halides is 3. The quantitative estimate of drug-likeness (QED) is 0.394. The van der Waals surface area contributed by atoms with Crippen LogP contribution in [-0.4, -0.2) is 25.5 Å².